The Labute approximate surface area is 94.6 Å². The third-order valence-electron chi connectivity index (χ3n) is 2.34. The van der Waals surface area contributed by atoms with Crippen molar-refractivity contribution in [2.75, 3.05) is 0 Å². The fraction of sp³-hybridized carbons (Fsp3) is 0. The van der Waals surface area contributed by atoms with Crippen LogP contribution in [0, 0.1) is 0 Å². The van der Waals surface area contributed by atoms with Gasteiger partial charge in [-0.25, -0.2) is 9.61 Å². The Morgan fingerprint density at radius 2 is 2.00 bits per heavy atom. The summed E-state index contributed by atoms with van der Waals surface area (Å²) >= 11 is 0. The minimum atomic E-state index is 0.224. The van der Waals surface area contributed by atoms with E-state index in [1.54, 1.807) is 4.57 Å². The smallest absolute Gasteiger partial charge is 0.229 e. The van der Waals surface area contributed by atoms with Crippen molar-refractivity contribution >= 4 is 11.2 Å². The average molecular weight is 229 g/mol. The van der Waals surface area contributed by atoms with E-state index in [9.17, 15) is 0 Å². The molecule has 1 N–H and O–H groups in total. The number of hydrogen-bond donors (Lipinski definition) is 1. The van der Waals surface area contributed by atoms with E-state index in [0.717, 1.165) is 5.69 Å². The van der Waals surface area contributed by atoms with Crippen LogP contribution in [0.25, 0.3) is 16.9 Å². The number of rotatable bonds is 1. The Kier molecular flexibility index (Phi) is 2.08. The first-order valence-electron chi connectivity index (χ1n) is 4.83. The lowest BCUT2D eigenvalue weighted by Gasteiger charge is -2.04. The molecule has 2 heterocycles. The summed E-state index contributed by atoms with van der Waals surface area (Å²) in [6.45, 7) is 0. The summed E-state index contributed by atoms with van der Waals surface area (Å²) in [4.78, 5) is 4.05. The molecule has 17 heavy (non-hydrogen) atoms. The number of hydrogen-bond acceptors (Lipinski definition) is 6. The maximum absolute atomic E-state index is 9.06. The normalized spacial score (nSPS) is 12.1. The van der Waals surface area contributed by atoms with E-state index in [0.29, 0.717) is 11.2 Å². The van der Waals surface area contributed by atoms with Gasteiger partial charge in [0, 0.05) is 5.69 Å². The van der Waals surface area contributed by atoms with Gasteiger partial charge in [-0.05, 0) is 22.4 Å². The molecule has 3 rings (SSSR count). The molecule has 2 aromatic heterocycles. The first-order valence-corrected chi connectivity index (χ1v) is 4.83. The van der Waals surface area contributed by atoms with E-state index in [-0.39, 0.29) is 5.49 Å². The fourth-order valence-electron chi connectivity index (χ4n) is 1.56. The predicted octanol–water partition coefficient (Wildman–Crippen LogP) is 0.698. The zero-order chi connectivity index (χ0) is 11.7. The summed E-state index contributed by atoms with van der Waals surface area (Å²) in [6.07, 6.45) is 1.50. The minimum absolute atomic E-state index is 0.224. The highest BCUT2D eigenvalue weighted by atomic mass is 16.6. The summed E-state index contributed by atoms with van der Waals surface area (Å²) in [5.41, 5.74) is 1.63. The number of nitrogens with zero attached hydrogens (tertiary/aromatic N) is 5. The molecule has 84 valence electrons. The van der Waals surface area contributed by atoms with Crippen LogP contribution in [0.3, 0.4) is 0 Å². The largest absolute Gasteiger partial charge is 0.409 e. The molecule has 1 aromatic carbocycles. The van der Waals surface area contributed by atoms with Gasteiger partial charge in [0.1, 0.15) is 6.33 Å². The summed E-state index contributed by atoms with van der Waals surface area (Å²) in [5, 5.41) is 19.5. The number of fused-ring (bicyclic) bond motifs is 1. The highest BCUT2D eigenvalue weighted by Crippen LogP contribution is 2.05. The van der Waals surface area contributed by atoms with Gasteiger partial charge in [0.2, 0.25) is 16.7 Å². The molecular weight excluding hydrogens is 222 g/mol. The molecule has 7 nitrogen and oxygen atoms in total. The van der Waals surface area contributed by atoms with Gasteiger partial charge >= 0.3 is 0 Å². The molecule has 3 aromatic rings. The summed E-state index contributed by atoms with van der Waals surface area (Å²) in [7, 11) is 0. The topological polar surface area (TPSA) is 89.3 Å². The molecule has 0 spiro atoms. The van der Waals surface area contributed by atoms with Crippen molar-refractivity contribution in [2.45, 2.75) is 0 Å². The third-order valence-corrected chi connectivity index (χ3v) is 2.34. The standard InChI is InChI=1S/C10H7N5O2/c16-12-10-8-9(14-17-13-8)11-6-15(10)7-4-2-1-3-5-7/h1-6,16H. The van der Waals surface area contributed by atoms with E-state index >= 15 is 0 Å². The van der Waals surface area contributed by atoms with Crippen molar-refractivity contribution in [3.05, 3.63) is 42.1 Å². The lowest BCUT2D eigenvalue weighted by molar-refractivity contribution is 0.295. The average Bonchev–Trinajstić information content (AvgIpc) is 2.86. The van der Waals surface area contributed by atoms with Crippen LogP contribution in [0.2, 0.25) is 0 Å². The molecule has 0 amide bonds. The van der Waals surface area contributed by atoms with E-state index in [4.69, 9.17) is 5.21 Å². The molecule has 0 atom stereocenters. The van der Waals surface area contributed by atoms with Crippen molar-refractivity contribution in [1.82, 2.24) is 19.9 Å². The number of para-hydroxylation sites is 1. The molecule has 0 aliphatic rings. The van der Waals surface area contributed by atoms with E-state index in [2.05, 4.69) is 25.1 Å². The van der Waals surface area contributed by atoms with Gasteiger partial charge < -0.3 is 5.21 Å². The molecular formula is C10H7N5O2. The first kappa shape index (κ1) is 9.52. The highest BCUT2D eigenvalue weighted by Gasteiger charge is 2.09. The van der Waals surface area contributed by atoms with Crippen molar-refractivity contribution in [1.29, 1.82) is 0 Å². The molecule has 7 heteroatoms. The van der Waals surface area contributed by atoms with Crippen molar-refractivity contribution in [2.24, 2.45) is 5.16 Å². The molecule has 0 aliphatic heterocycles. The van der Waals surface area contributed by atoms with Crippen molar-refractivity contribution in [3.8, 4) is 5.69 Å². The van der Waals surface area contributed by atoms with Gasteiger partial charge in [-0.15, -0.1) is 0 Å². The van der Waals surface area contributed by atoms with Gasteiger partial charge in [-0.1, -0.05) is 23.4 Å². The van der Waals surface area contributed by atoms with Crippen LogP contribution in [-0.2, 0) is 0 Å². The summed E-state index contributed by atoms with van der Waals surface area (Å²) in [6, 6.07) is 9.35. The Hall–Kier alpha value is -2.70. The van der Waals surface area contributed by atoms with Crippen LogP contribution in [0.1, 0.15) is 0 Å². The second-order valence-electron chi connectivity index (χ2n) is 3.31. The Morgan fingerprint density at radius 1 is 1.18 bits per heavy atom. The van der Waals surface area contributed by atoms with Crippen LogP contribution in [-0.4, -0.2) is 25.1 Å². The Bertz CT molecular complexity index is 716. The molecule has 0 radical (unpaired) electrons. The van der Waals surface area contributed by atoms with Crippen LogP contribution >= 0.6 is 0 Å². The van der Waals surface area contributed by atoms with Gasteiger partial charge in [0.05, 0.1) is 0 Å². The van der Waals surface area contributed by atoms with E-state index < -0.39 is 0 Å². The highest BCUT2D eigenvalue weighted by molar-refractivity contribution is 5.66. The van der Waals surface area contributed by atoms with Crippen LogP contribution < -0.4 is 5.49 Å². The van der Waals surface area contributed by atoms with Gasteiger partial charge in [-0.2, -0.15) is 0 Å². The van der Waals surface area contributed by atoms with Gasteiger partial charge in [0.25, 0.3) is 0 Å². The molecule has 0 aliphatic carbocycles. The molecule has 0 bridgehead atoms. The Morgan fingerprint density at radius 3 is 2.76 bits per heavy atom. The Balaban J connectivity index is 2.38. The van der Waals surface area contributed by atoms with Crippen LogP contribution in [0.5, 0.6) is 0 Å². The third kappa shape index (κ3) is 1.44. The predicted molar refractivity (Wildman–Crippen MR) is 56.3 cm³/mol. The second kappa shape index (κ2) is 3.71. The molecule has 0 unspecified atom stereocenters. The maximum Gasteiger partial charge on any atom is 0.229 e. The maximum atomic E-state index is 9.06. The number of aromatic nitrogens is 4. The summed E-state index contributed by atoms with van der Waals surface area (Å²) < 4.78 is 6.14. The van der Waals surface area contributed by atoms with Crippen molar-refractivity contribution < 1.29 is 9.84 Å². The van der Waals surface area contributed by atoms with Gasteiger partial charge in [-0.3, -0.25) is 4.57 Å². The zero-order valence-corrected chi connectivity index (χ0v) is 8.56. The number of benzene rings is 1. The fourth-order valence-corrected chi connectivity index (χ4v) is 1.56. The lowest BCUT2D eigenvalue weighted by Crippen LogP contribution is -2.20. The molecule has 0 saturated heterocycles. The SMILES string of the molecule is ON=c1c2nonc2ncn1-c1ccccc1. The van der Waals surface area contributed by atoms with Gasteiger partial charge in [0.15, 0.2) is 0 Å². The monoisotopic (exact) mass is 229 g/mol. The quantitative estimate of drug-likeness (QED) is 0.490. The van der Waals surface area contributed by atoms with E-state index in [1.807, 2.05) is 30.3 Å². The van der Waals surface area contributed by atoms with Crippen LogP contribution in [0.4, 0.5) is 0 Å². The van der Waals surface area contributed by atoms with E-state index in [1.165, 1.54) is 6.33 Å². The lowest BCUT2D eigenvalue weighted by atomic mass is 10.3. The summed E-state index contributed by atoms with van der Waals surface area (Å²) in [5.74, 6) is 0. The van der Waals surface area contributed by atoms with Crippen LogP contribution in [0.15, 0.2) is 46.4 Å². The minimum Gasteiger partial charge on any atom is -0.409 e. The zero-order valence-electron chi connectivity index (χ0n) is 8.56. The molecule has 0 saturated carbocycles. The molecule has 0 fully saturated rings. The van der Waals surface area contributed by atoms with Crippen molar-refractivity contribution in [3.63, 3.8) is 0 Å². The first-order chi connectivity index (χ1) is 8.40. The second-order valence-corrected chi connectivity index (χ2v) is 3.31.